The average Bonchev–Trinajstić information content (AvgIpc) is 2.83. The normalized spacial score (nSPS) is 11.1. The molecule has 0 aliphatic heterocycles. The molecule has 1 aromatic carbocycles. The Morgan fingerprint density at radius 2 is 2.12 bits per heavy atom. The lowest BCUT2D eigenvalue weighted by Gasteiger charge is -1.86. The van der Waals surface area contributed by atoms with Gasteiger partial charge >= 0.3 is 0 Å². The van der Waals surface area contributed by atoms with Crippen LogP contribution in [0.5, 0.6) is 0 Å². The molecule has 0 saturated heterocycles. The Morgan fingerprint density at radius 3 is 2.88 bits per heavy atom. The van der Waals surface area contributed by atoms with Crippen LogP contribution in [-0.2, 0) is 0 Å². The first kappa shape index (κ1) is 9.68. The molecule has 0 spiro atoms. The van der Waals surface area contributed by atoms with E-state index in [0.29, 0.717) is 10.6 Å². The van der Waals surface area contributed by atoms with Gasteiger partial charge in [0.1, 0.15) is 5.82 Å². The van der Waals surface area contributed by atoms with Crippen LogP contribution in [0.1, 0.15) is 0 Å². The molecule has 0 aliphatic carbocycles. The Balaban J connectivity index is 2.22. The largest absolute Gasteiger partial charge is 0.281 e. The number of fused-ring (bicyclic) bond motifs is 1. The first-order valence-corrected chi connectivity index (χ1v) is 5.79. The summed E-state index contributed by atoms with van der Waals surface area (Å²) in [6.07, 6.45) is 0. The molecule has 3 rings (SSSR count). The molecule has 2 heterocycles. The number of aromatic amines is 2. The summed E-state index contributed by atoms with van der Waals surface area (Å²) < 4.78 is 14.3. The molecule has 6 heteroatoms. The van der Waals surface area contributed by atoms with E-state index in [-0.39, 0.29) is 5.82 Å². The number of halogens is 1. The van der Waals surface area contributed by atoms with Gasteiger partial charge in [-0.05, 0) is 35.8 Å². The van der Waals surface area contributed by atoms with Crippen molar-refractivity contribution in [2.24, 2.45) is 0 Å². The lowest BCUT2D eigenvalue weighted by Crippen LogP contribution is -1.73. The van der Waals surface area contributed by atoms with Gasteiger partial charge < -0.3 is 0 Å². The van der Waals surface area contributed by atoms with E-state index in [0.717, 1.165) is 15.0 Å². The molecule has 0 radical (unpaired) electrons. The summed E-state index contributed by atoms with van der Waals surface area (Å²) in [5, 5.41) is 6.61. The van der Waals surface area contributed by atoms with Crippen molar-refractivity contribution in [2.75, 3.05) is 0 Å². The third kappa shape index (κ3) is 1.56. The van der Waals surface area contributed by atoms with Crippen molar-refractivity contribution in [1.29, 1.82) is 0 Å². The van der Waals surface area contributed by atoms with E-state index in [4.69, 9.17) is 12.2 Å². The Bertz CT molecular complexity index is 710. The average molecular weight is 251 g/mol. The van der Waals surface area contributed by atoms with Crippen LogP contribution in [0.2, 0.25) is 0 Å². The molecule has 2 N–H and O–H groups in total. The van der Waals surface area contributed by atoms with Crippen LogP contribution < -0.4 is 0 Å². The lowest BCUT2D eigenvalue weighted by atomic mass is 10.2. The third-order valence-corrected chi connectivity index (χ3v) is 3.51. The molecular formula is C10H6FN3S2. The highest BCUT2D eigenvalue weighted by molar-refractivity contribution is 7.71. The second-order valence-electron chi connectivity index (χ2n) is 3.31. The minimum absolute atomic E-state index is 0.226. The number of H-pyrrole nitrogens is 2. The van der Waals surface area contributed by atoms with Crippen molar-refractivity contribution in [3.63, 3.8) is 0 Å². The number of hydrogen-bond acceptors (Lipinski definition) is 3. The summed E-state index contributed by atoms with van der Waals surface area (Å²) in [6, 6.07) is 6.68. The summed E-state index contributed by atoms with van der Waals surface area (Å²) in [5.74, 6) is 0.461. The van der Waals surface area contributed by atoms with E-state index in [1.54, 1.807) is 6.07 Å². The molecule has 0 bridgehead atoms. The maximum absolute atomic E-state index is 13.0. The summed E-state index contributed by atoms with van der Waals surface area (Å²) >= 11 is 6.36. The van der Waals surface area contributed by atoms with Gasteiger partial charge in [-0.2, -0.15) is 4.98 Å². The van der Waals surface area contributed by atoms with Crippen LogP contribution in [0.4, 0.5) is 4.39 Å². The quantitative estimate of drug-likeness (QED) is 0.650. The van der Waals surface area contributed by atoms with Gasteiger partial charge in [0.25, 0.3) is 0 Å². The van der Waals surface area contributed by atoms with Crippen molar-refractivity contribution in [3.8, 4) is 10.7 Å². The van der Waals surface area contributed by atoms with Crippen LogP contribution in [0.3, 0.4) is 0 Å². The minimum atomic E-state index is -0.226. The maximum atomic E-state index is 13.0. The number of nitrogens with zero attached hydrogens (tertiary/aromatic N) is 1. The smallest absolute Gasteiger partial charge is 0.213 e. The fraction of sp³-hybridized carbons (Fsp3) is 0. The van der Waals surface area contributed by atoms with E-state index in [2.05, 4.69) is 15.2 Å². The van der Waals surface area contributed by atoms with E-state index in [1.165, 1.54) is 23.5 Å². The molecule has 0 unspecified atom stereocenters. The molecule has 0 aliphatic rings. The minimum Gasteiger partial charge on any atom is -0.281 e. The highest BCUT2D eigenvalue weighted by atomic mass is 32.1. The molecule has 0 amide bonds. The van der Waals surface area contributed by atoms with Crippen LogP contribution in [0.15, 0.2) is 24.3 Å². The van der Waals surface area contributed by atoms with Crippen molar-refractivity contribution in [2.45, 2.75) is 0 Å². The summed E-state index contributed by atoms with van der Waals surface area (Å²) in [4.78, 5) is 5.06. The molecule has 3 aromatic rings. The number of thiophene rings is 1. The highest BCUT2D eigenvalue weighted by Gasteiger charge is 2.07. The third-order valence-electron chi connectivity index (χ3n) is 2.22. The van der Waals surface area contributed by atoms with Crippen LogP contribution in [0.25, 0.3) is 20.8 Å². The first-order valence-electron chi connectivity index (χ1n) is 4.56. The monoisotopic (exact) mass is 251 g/mol. The predicted molar refractivity (Wildman–Crippen MR) is 64.5 cm³/mol. The standard InChI is InChI=1S/C10H6FN3S2/c11-6-2-1-5-3-8(16-7(5)4-6)9-12-10(15)14-13-9/h1-4H,(H2,12,13,14,15). The molecule has 0 atom stereocenters. The second kappa shape index (κ2) is 3.50. The zero-order chi connectivity index (χ0) is 11.1. The molecule has 0 fully saturated rings. The number of nitrogens with one attached hydrogen (secondary N) is 2. The van der Waals surface area contributed by atoms with Gasteiger partial charge in [0.2, 0.25) is 4.77 Å². The highest BCUT2D eigenvalue weighted by Crippen LogP contribution is 2.31. The second-order valence-corrected chi connectivity index (χ2v) is 4.78. The maximum Gasteiger partial charge on any atom is 0.213 e. The van der Waals surface area contributed by atoms with Crippen LogP contribution >= 0.6 is 23.6 Å². The van der Waals surface area contributed by atoms with Crippen molar-refractivity contribution < 1.29 is 4.39 Å². The van der Waals surface area contributed by atoms with Gasteiger partial charge in [0.05, 0.1) is 4.88 Å². The van der Waals surface area contributed by atoms with Gasteiger partial charge in [-0.3, -0.25) is 10.2 Å². The number of aromatic nitrogens is 3. The van der Waals surface area contributed by atoms with Gasteiger partial charge in [-0.25, -0.2) is 4.39 Å². The van der Waals surface area contributed by atoms with Crippen molar-refractivity contribution >= 4 is 33.6 Å². The zero-order valence-electron chi connectivity index (χ0n) is 7.95. The topological polar surface area (TPSA) is 44.5 Å². The van der Waals surface area contributed by atoms with E-state index in [1.807, 2.05) is 6.07 Å². The van der Waals surface area contributed by atoms with E-state index < -0.39 is 0 Å². The number of rotatable bonds is 1. The summed E-state index contributed by atoms with van der Waals surface area (Å²) in [7, 11) is 0. The SMILES string of the molecule is Fc1ccc2cc(-c3nc(=S)[nH][nH]3)sc2c1. The fourth-order valence-electron chi connectivity index (χ4n) is 1.51. The van der Waals surface area contributed by atoms with E-state index >= 15 is 0 Å². The summed E-state index contributed by atoms with van der Waals surface area (Å²) in [5.41, 5.74) is 0. The Morgan fingerprint density at radius 1 is 1.25 bits per heavy atom. The van der Waals surface area contributed by atoms with Gasteiger partial charge in [-0.1, -0.05) is 6.07 Å². The molecule has 3 nitrogen and oxygen atoms in total. The van der Waals surface area contributed by atoms with Gasteiger partial charge in [0, 0.05) is 4.70 Å². The molecular weight excluding hydrogens is 245 g/mol. The number of hydrogen-bond donors (Lipinski definition) is 2. The molecule has 16 heavy (non-hydrogen) atoms. The van der Waals surface area contributed by atoms with Crippen LogP contribution in [0, 0.1) is 10.6 Å². The van der Waals surface area contributed by atoms with Gasteiger partial charge in [0.15, 0.2) is 5.82 Å². The van der Waals surface area contributed by atoms with E-state index in [9.17, 15) is 4.39 Å². The Kier molecular flexibility index (Phi) is 2.12. The number of benzene rings is 1. The van der Waals surface area contributed by atoms with Crippen molar-refractivity contribution in [3.05, 3.63) is 34.9 Å². The molecule has 80 valence electrons. The lowest BCUT2D eigenvalue weighted by molar-refractivity contribution is 0.630. The van der Waals surface area contributed by atoms with Gasteiger partial charge in [-0.15, -0.1) is 11.3 Å². The molecule has 2 aromatic heterocycles. The predicted octanol–water partition coefficient (Wildman–Crippen LogP) is 3.49. The Hall–Kier alpha value is -1.53. The molecule has 0 saturated carbocycles. The van der Waals surface area contributed by atoms with Crippen molar-refractivity contribution in [1.82, 2.24) is 15.2 Å². The first-order chi connectivity index (χ1) is 7.72. The zero-order valence-corrected chi connectivity index (χ0v) is 9.58. The Labute approximate surface area is 99.0 Å². The fourth-order valence-corrected chi connectivity index (χ4v) is 2.68. The summed E-state index contributed by atoms with van der Waals surface area (Å²) in [6.45, 7) is 0. The van der Waals surface area contributed by atoms with Crippen LogP contribution in [-0.4, -0.2) is 15.2 Å².